The van der Waals surface area contributed by atoms with E-state index in [0.29, 0.717) is 5.41 Å². The van der Waals surface area contributed by atoms with E-state index in [1.165, 1.54) is 32.2 Å². The number of rotatable bonds is 5. The monoisotopic (exact) mass is 236 g/mol. The van der Waals surface area contributed by atoms with Gasteiger partial charge in [-0.15, -0.1) is 0 Å². The number of hydrogen-bond acceptors (Lipinski definition) is 3. The van der Waals surface area contributed by atoms with E-state index in [1.54, 1.807) is 0 Å². The van der Waals surface area contributed by atoms with Gasteiger partial charge in [0.1, 0.15) is 0 Å². The van der Waals surface area contributed by atoms with Gasteiger partial charge in [-0.1, -0.05) is 13.3 Å². The second-order valence-corrected chi connectivity index (χ2v) is 5.29. The summed E-state index contributed by atoms with van der Waals surface area (Å²) in [5.41, 5.74) is 1.57. The highest BCUT2D eigenvalue weighted by molar-refractivity contribution is 5.38. The lowest BCUT2D eigenvalue weighted by atomic mass is 9.77. The summed E-state index contributed by atoms with van der Waals surface area (Å²) in [7, 11) is 1.95. The predicted molar refractivity (Wildman–Crippen MR) is 71.1 cm³/mol. The van der Waals surface area contributed by atoms with E-state index in [-0.39, 0.29) is 0 Å². The van der Waals surface area contributed by atoms with Crippen LogP contribution < -0.4 is 10.6 Å². The average molecular weight is 236 g/mol. The molecule has 0 radical (unpaired) electrons. The van der Waals surface area contributed by atoms with Gasteiger partial charge in [-0.2, -0.15) is 5.10 Å². The lowest BCUT2D eigenvalue weighted by molar-refractivity contribution is 0.206. The molecule has 17 heavy (non-hydrogen) atoms. The van der Waals surface area contributed by atoms with Crippen molar-refractivity contribution in [3.8, 4) is 0 Å². The molecular formula is C13H24N4. The Morgan fingerprint density at radius 1 is 1.59 bits per heavy atom. The van der Waals surface area contributed by atoms with Gasteiger partial charge in [-0.25, -0.2) is 0 Å². The molecule has 1 aromatic rings. The predicted octanol–water partition coefficient (Wildman–Crippen LogP) is 2.00. The molecule has 1 fully saturated rings. The minimum absolute atomic E-state index is 0.433. The highest BCUT2D eigenvalue weighted by atomic mass is 15.3. The first-order valence-electron chi connectivity index (χ1n) is 6.67. The Morgan fingerprint density at radius 3 is 3.06 bits per heavy atom. The lowest BCUT2D eigenvalue weighted by Crippen LogP contribution is -2.44. The fourth-order valence-electron chi connectivity index (χ4n) is 2.82. The van der Waals surface area contributed by atoms with Crippen LogP contribution in [0.25, 0.3) is 0 Å². The number of aromatic nitrogens is 2. The molecule has 2 rings (SSSR count). The molecule has 0 bridgehead atoms. The minimum atomic E-state index is 0.433. The molecule has 1 aliphatic rings. The third-order valence-electron chi connectivity index (χ3n) is 3.71. The molecule has 0 amide bonds. The summed E-state index contributed by atoms with van der Waals surface area (Å²) in [6.07, 6.45) is 9.13. The Labute approximate surface area is 104 Å². The molecule has 96 valence electrons. The molecule has 0 aliphatic carbocycles. The van der Waals surface area contributed by atoms with Crippen molar-refractivity contribution in [2.75, 3.05) is 25.0 Å². The van der Waals surface area contributed by atoms with E-state index in [1.807, 2.05) is 24.1 Å². The van der Waals surface area contributed by atoms with Gasteiger partial charge in [0, 0.05) is 31.7 Å². The third kappa shape index (κ3) is 3.22. The maximum Gasteiger partial charge on any atom is 0.0726 e. The van der Waals surface area contributed by atoms with E-state index >= 15 is 0 Å². The molecule has 1 atom stereocenters. The average Bonchev–Trinajstić information content (AvgIpc) is 2.75. The summed E-state index contributed by atoms with van der Waals surface area (Å²) in [6.45, 7) is 5.66. The number of aryl methyl sites for hydroxylation is 1. The first kappa shape index (κ1) is 12.4. The number of anilines is 1. The number of piperidine rings is 1. The molecule has 1 aromatic heterocycles. The Kier molecular flexibility index (Phi) is 4.05. The van der Waals surface area contributed by atoms with Crippen LogP contribution in [0.5, 0.6) is 0 Å². The molecule has 0 aromatic carbocycles. The Balaban J connectivity index is 1.93. The normalized spacial score (nSPS) is 24.8. The lowest BCUT2D eigenvalue weighted by Gasteiger charge is -2.38. The van der Waals surface area contributed by atoms with E-state index in [0.717, 1.165) is 18.8 Å². The zero-order chi connectivity index (χ0) is 12.1. The van der Waals surface area contributed by atoms with Crippen LogP contribution in [0.1, 0.15) is 32.6 Å². The van der Waals surface area contributed by atoms with E-state index in [2.05, 4.69) is 22.7 Å². The van der Waals surface area contributed by atoms with Gasteiger partial charge >= 0.3 is 0 Å². The van der Waals surface area contributed by atoms with Gasteiger partial charge in [0.2, 0.25) is 0 Å². The van der Waals surface area contributed by atoms with Crippen LogP contribution in [0.3, 0.4) is 0 Å². The van der Waals surface area contributed by atoms with Gasteiger partial charge in [-0.3, -0.25) is 4.68 Å². The highest BCUT2D eigenvalue weighted by Crippen LogP contribution is 2.31. The van der Waals surface area contributed by atoms with Crippen molar-refractivity contribution in [3.63, 3.8) is 0 Å². The molecule has 1 saturated heterocycles. The van der Waals surface area contributed by atoms with Crippen molar-refractivity contribution >= 4 is 5.69 Å². The first-order chi connectivity index (χ1) is 8.24. The van der Waals surface area contributed by atoms with Crippen molar-refractivity contribution in [3.05, 3.63) is 12.4 Å². The van der Waals surface area contributed by atoms with Gasteiger partial charge in [0.05, 0.1) is 11.9 Å². The Bertz CT molecular complexity index is 333. The van der Waals surface area contributed by atoms with Crippen LogP contribution in [-0.4, -0.2) is 29.4 Å². The van der Waals surface area contributed by atoms with Crippen molar-refractivity contribution in [1.82, 2.24) is 15.1 Å². The van der Waals surface area contributed by atoms with E-state index < -0.39 is 0 Å². The summed E-state index contributed by atoms with van der Waals surface area (Å²) in [5.74, 6) is 0. The molecule has 1 aliphatic heterocycles. The quantitative estimate of drug-likeness (QED) is 0.821. The maximum atomic E-state index is 4.19. The largest absolute Gasteiger partial charge is 0.382 e. The number of nitrogens with one attached hydrogen (secondary N) is 2. The van der Waals surface area contributed by atoms with E-state index in [4.69, 9.17) is 0 Å². The molecular weight excluding hydrogens is 212 g/mol. The van der Waals surface area contributed by atoms with E-state index in [9.17, 15) is 0 Å². The highest BCUT2D eigenvalue weighted by Gasteiger charge is 2.30. The van der Waals surface area contributed by atoms with Gasteiger partial charge < -0.3 is 10.6 Å². The van der Waals surface area contributed by atoms with Crippen molar-refractivity contribution in [1.29, 1.82) is 0 Å². The molecule has 2 heterocycles. The van der Waals surface area contributed by atoms with Crippen LogP contribution >= 0.6 is 0 Å². The fourth-order valence-corrected chi connectivity index (χ4v) is 2.82. The summed E-state index contributed by atoms with van der Waals surface area (Å²) in [5, 5.41) is 11.3. The molecule has 2 N–H and O–H groups in total. The molecule has 0 saturated carbocycles. The summed E-state index contributed by atoms with van der Waals surface area (Å²) >= 11 is 0. The number of hydrogen-bond donors (Lipinski definition) is 2. The van der Waals surface area contributed by atoms with Crippen molar-refractivity contribution in [2.24, 2.45) is 12.5 Å². The Hall–Kier alpha value is -1.03. The number of nitrogens with zero attached hydrogens (tertiary/aromatic N) is 2. The van der Waals surface area contributed by atoms with Crippen LogP contribution in [0, 0.1) is 5.41 Å². The third-order valence-corrected chi connectivity index (χ3v) is 3.71. The smallest absolute Gasteiger partial charge is 0.0726 e. The van der Waals surface area contributed by atoms with Gasteiger partial charge in [0.15, 0.2) is 0 Å². The summed E-state index contributed by atoms with van der Waals surface area (Å²) in [6, 6.07) is 0. The maximum absolute atomic E-state index is 4.19. The molecule has 4 heteroatoms. The van der Waals surface area contributed by atoms with Crippen LogP contribution in [0.2, 0.25) is 0 Å². The first-order valence-corrected chi connectivity index (χ1v) is 6.67. The SMILES string of the molecule is CCCC1(CNc2cnn(C)c2)CCCNC1. The standard InChI is InChI=1S/C13H24N4/c1-3-5-13(6-4-7-14-10-13)11-15-12-8-16-17(2)9-12/h8-9,14-15H,3-7,10-11H2,1-2H3. The van der Waals surface area contributed by atoms with Gasteiger partial charge in [0.25, 0.3) is 0 Å². The fraction of sp³-hybridized carbons (Fsp3) is 0.769. The van der Waals surface area contributed by atoms with Crippen LogP contribution in [0.4, 0.5) is 5.69 Å². The van der Waals surface area contributed by atoms with Crippen molar-refractivity contribution < 1.29 is 0 Å². The summed E-state index contributed by atoms with van der Waals surface area (Å²) in [4.78, 5) is 0. The van der Waals surface area contributed by atoms with Crippen molar-refractivity contribution in [2.45, 2.75) is 32.6 Å². The van der Waals surface area contributed by atoms with Gasteiger partial charge in [-0.05, 0) is 25.8 Å². The molecule has 1 unspecified atom stereocenters. The zero-order valence-electron chi connectivity index (χ0n) is 11.0. The molecule has 4 nitrogen and oxygen atoms in total. The Morgan fingerprint density at radius 2 is 2.47 bits per heavy atom. The van der Waals surface area contributed by atoms with Crippen LogP contribution in [0.15, 0.2) is 12.4 Å². The second-order valence-electron chi connectivity index (χ2n) is 5.29. The summed E-state index contributed by atoms with van der Waals surface area (Å²) < 4.78 is 1.84. The topological polar surface area (TPSA) is 41.9 Å². The zero-order valence-corrected chi connectivity index (χ0v) is 11.0. The minimum Gasteiger partial charge on any atom is -0.382 e. The molecule has 0 spiro atoms. The van der Waals surface area contributed by atoms with Crippen LogP contribution in [-0.2, 0) is 7.05 Å². The second kappa shape index (κ2) is 5.54.